The number of rotatable bonds is 8. The third kappa shape index (κ3) is 5.49. The predicted octanol–water partition coefficient (Wildman–Crippen LogP) is 7.22. The van der Waals surface area contributed by atoms with Crippen molar-refractivity contribution >= 4 is 34.1 Å². The Morgan fingerprint density at radius 2 is 1.68 bits per heavy atom. The molecule has 6 nitrogen and oxygen atoms in total. The number of nitrogens with zero attached hydrogens (tertiary/aromatic N) is 2. The number of H-pyrrole nitrogens is 1. The number of aliphatic carboxylic acids is 1. The molecule has 0 spiro atoms. The number of aromatic amines is 1. The van der Waals surface area contributed by atoms with Crippen LogP contribution in [0.4, 0.5) is 0 Å². The molecule has 0 aliphatic rings. The second-order valence-electron chi connectivity index (χ2n) is 8.49. The van der Waals surface area contributed by atoms with E-state index in [2.05, 4.69) is 46.4 Å². The molecular weight excluding hydrogens is 462 g/mol. The molecule has 2 aromatic heterocycles. The van der Waals surface area contributed by atoms with Gasteiger partial charge in [0.1, 0.15) is 11.5 Å². The molecular formula is C31H25N3O3. The van der Waals surface area contributed by atoms with Gasteiger partial charge in [-0.2, -0.15) is 5.10 Å². The number of pyridine rings is 1. The van der Waals surface area contributed by atoms with Crippen LogP contribution in [-0.4, -0.2) is 26.3 Å². The average Bonchev–Trinajstić information content (AvgIpc) is 3.40. The van der Waals surface area contributed by atoms with Gasteiger partial charge in [0.15, 0.2) is 0 Å². The van der Waals surface area contributed by atoms with Crippen LogP contribution >= 0.6 is 0 Å². The van der Waals surface area contributed by atoms with Crippen LogP contribution in [0, 0.1) is 0 Å². The molecule has 0 bridgehead atoms. The fourth-order valence-corrected chi connectivity index (χ4v) is 4.33. The van der Waals surface area contributed by atoms with E-state index in [9.17, 15) is 4.79 Å². The summed E-state index contributed by atoms with van der Waals surface area (Å²) in [6.07, 6.45) is 8.77. The summed E-state index contributed by atoms with van der Waals surface area (Å²) in [5, 5.41) is 17.2. The molecule has 0 saturated carbocycles. The summed E-state index contributed by atoms with van der Waals surface area (Å²) in [6.45, 7) is 2.15. The normalized spacial score (nSPS) is 12.0. The first-order valence-electron chi connectivity index (χ1n) is 12.0. The predicted molar refractivity (Wildman–Crippen MR) is 146 cm³/mol. The Balaban J connectivity index is 1.58. The third-order valence-electron chi connectivity index (χ3n) is 6.07. The summed E-state index contributed by atoms with van der Waals surface area (Å²) in [7, 11) is 0. The number of carbonyl (C=O) groups is 1. The average molecular weight is 488 g/mol. The van der Waals surface area contributed by atoms with Gasteiger partial charge in [0.05, 0.1) is 17.9 Å². The van der Waals surface area contributed by atoms with Crippen molar-refractivity contribution in [1.29, 1.82) is 0 Å². The lowest BCUT2D eigenvalue weighted by Gasteiger charge is -2.17. The molecule has 5 aromatic rings. The van der Waals surface area contributed by atoms with Gasteiger partial charge in [-0.3, -0.25) is 10.1 Å². The van der Waals surface area contributed by atoms with Gasteiger partial charge < -0.3 is 9.84 Å². The van der Waals surface area contributed by atoms with Gasteiger partial charge in [-0.25, -0.2) is 4.79 Å². The molecule has 182 valence electrons. The van der Waals surface area contributed by atoms with Gasteiger partial charge in [0.2, 0.25) is 0 Å². The van der Waals surface area contributed by atoms with Gasteiger partial charge >= 0.3 is 5.97 Å². The number of hydrogen-bond acceptors (Lipinski definition) is 4. The zero-order valence-corrected chi connectivity index (χ0v) is 20.3. The Bertz CT molecular complexity index is 1580. The number of carboxylic acid groups (broad SMARTS) is 1. The molecule has 0 fully saturated rings. The van der Waals surface area contributed by atoms with Crippen molar-refractivity contribution < 1.29 is 14.6 Å². The van der Waals surface area contributed by atoms with Crippen LogP contribution in [0.3, 0.4) is 0 Å². The Kier molecular flexibility index (Phi) is 6.90. The van der Waals surface area contributed by atoms with Crippen molar-refractivity contribution in [3.63, 3.8) is 0 Å². The van der Waals surface area contributed by atoms with Gasteiger partial charge in [-0.1, -0.05) is 49.4 Å². The number of hydrogen-bond donors (Lipinski definition) is 2. The summed E-state index contributed by atoms with van der Waals surface area (Å²) in [6, 6.07) is 26.0. The molecule has 0 aliphatic carbocycles. The lowest BCUT2D eigenvalue weighted by atomic mass is 9.87. The number of fused-ring (bicyclic) bond motifs is 1. The highest BCUT2D eigenvalue weighted by molar-refractivity contribution is 6.00. The molecule has 0 radical (unpaired) electrons. The number of aromatic nitrogens is 3. The maximum Gasteiger partial charge on any atom is 0.328 e. The number of benzene rings is 3. The second kappa shape index (κ2) is 10.7. The monoisotopic (exact) mass is 487 g/mol. The fraction of sp³-hybridized carbons (Fsp3) is 0.0645. The number of carboxylic acids is 1. The van der Waals surface area contributed by atoms with Crippen LogP contribution in [0.2, 0.25) is 0 Å². The maximum atomic E-state index is 10.9. The first-order valence-corrected chi connectivity index (χ1v) is 12.0. The van der Waals surface area contributed by atoms with E-state index >= 15 is 0 Å². The van der Waals surface area contributed by atoms with Gasteiger partial charge in [-0.15, -0.1) is 0 Å². The van der Waals surface area contributed by atoms with Crippen molar-refractivity contribution in [2.75, 3.05) is 0 Å². The van der Waals surface area contributed by atoms with E-state index in [-0.39, 0.29) is 0 Å². The molecule has 0 saturated heterocycles. The van der Waals surface area contributed by atoms with Crippen LogP contribution in [0.5, 0.6) is 11.5 Å². The lowest BCUT2D eigenvalue weighted by Crippen LogP contribution is -1.96. The van der Waals surface area contributed by atoms with Crippen LogP contribution in [0.1, 0.15) is 35.6 Å². The Morgan fingerprint density at radius 3 is 2.38 bits per heavy atom. The zero-order chi connectivity index (χ0) is 25.6. The fourth-order valence-electron chi connectivity index (χ4n) is 4.33. The molecule has 5 rings (SSSR count). The third-order valence-corrected chi connectivity index (χ3v) is 6.07. The summed E-state index contributed by atoms with van der Waals surface area (Å²) in [5.41, 5.74) is 7.32. The Labute approximate surface area is 214 Å². The molecule has 37 heavy (non-hydrogen) atoms. The first-order chi connectivity index (χ1) is 18.1. The van der Waals surface area contributed by atoms with E-state index < -0.39 is 5.97 Å². The van der Waals surface area contributed by atoms with Crippen LogP contribution < -0.4 is 4.74 Å². The van der Waals surface area contributed by atoms with Crippen molar-refractivity contribution in [3.8, 4) is 11.5 Å². The first kappa shape index (κ1) is 23.8. The number of allylic oxidation sites excluding steroid dienone is 1. The molecule has 6 heteroatoms. The van der Waals surface area contributed by atoms with E-state index in [1.54, 1.807) is 18.5 Å². The summed E-state index contributed by atoms with van der Waals surface area (Å²) in [5.74, 6) is 0.457. The summed E-state index contributed by atoms with van der Waals surface area (Å²) in [4.78, 5) is 15.0. The minimum Gasteiger partial charge on any atom is -0.478 e. The van der Waals surface area contributed by atoms with Crippen molar-refractivity contribution in [3.05, 3.63) is 126 Å². The molecule has 0 aliphatic heterocycles. The van der Waals surface area contributed by atoms with Crippen molar-refractivity contribution in [2.45, 2.75) is 13.3 Å². The topological polar surface area (TPSA) is 88.1 Å². The highest BCUT2D eigenvalue weighted by Gasteiger charge is 2.14. The maximum absolute atomic E-state index is 10.9. The van der Waals surface area contributed by atoms with E-state index in [4.69, 9.17) is 9.84 Å². The second-order valence-corrected chi connectivity index (χ2v) is 8.49. The van der Waals surface area contributed by atoms with Crippen LogP contribution in [0.15, 0.2) is 104 Å². The quantitative estimate of drug-likeness (QED) is 0.178. The Hall–Kier alpha value is -4.97. The Morgan fingerprint density at radius 1 is 0.919 bits per heavy atom. The highest BCUT2D eigenvalue weighted by Crippen LogP contribution is 2.36. The number of nitrogens with one attached hydrogen (secondary N) is 1. The van der Waals surface area contributed by atoms with Crippen molar-refractivity contribution in [1.82, 2.24) is 15.2 Å². The van der Waals surface area contributed by atoms with E-state index in [1.807, 2.05) is 60.8 Å². The molecule has 0 amide bonds. The molecule has 3 aromatic carbocycles. The van der Waals surface area contributed by atoms with Gasteiger partial charge in [-0.05, 0) is 82.3 Å². The smallest absolute Gasteiger partial charge is 0.328 e. The van der Waals surface area contributed by atoms with E-state index in [0.29, 0.717) is 5.75 Å². The van der Waals surface area contributed by atoms with E-state index in [1.165, 1.54) is 5.57 Å². The highest BCUT2D eigenvalue weighted by atomic mass is 16.5. The van der Waals surface area contributed by atoms with Crippen LogP contribution in [0.25, 0.3) is 28.1 Å². The molecule has 0 atom stereocenters. The summed E-state index contributed by atoms with van der Waals surface area (Å²) < 4.78 is 5.93. The summed E-state index contributed by atoms with van der Waals surface area (Å²) >= 11 is 0. The van der Waals surface area contributed by atoms with E-state index in [0.717, 1.165) is 57.0 Å². The largest absolute Gasteiger partial charge is 0.478 e. The minimum absolute atomic E-state index is 0.688. The SMILES string of the molecule is CCC(=C(c1ccc(C=CC(=O)O)cc1)c1ccc2[nH]ncc2c1)c1ccc(Oc2cccnc2)cc1. The van der Waals surface area contributed by atoms with Crippen molar-refractivity contribution in [2.24, 2.45) is 0 Å². The zero-order valence-electron chi connectivity index (χ0n) is 20.3. The van der Waals surface area contributed by atoms with Gasteiger partial charge in [0, 0.05) is 17.7 Å². The van der Waals surface area contributed by atoms with Gasteiger partial charge in [0.25, 0.3) is 0 Å². The number of ether oxygens (including phenoxy) is 1. The molecule has 0 unspecified atom stereocenters. The minimum atomic E-state index is -0.970. The standard InChI is InChI=1S/C31H25N3O3/c1-2-28(22-10-13-26(14-11-22)37-27-4-3-17-32-20-27)31(24-12-15-29-25(18-24)19-33-34-29)23-8-5-21(6-9-23)7-16-30(35)36/h3-20H,2H2,1H3,(H,33,34)(H,35,36). The molecule has 2 N–H and O–H groups in total. The van der Waals surface area contributed by atoms with Crippen LogP contribution in [-0.2, 0) is 4.79 Å². The molecule has 2 heterocycles. The lowest BCUT2D eigenvalue weighted by molar-refractivity contribution is -0.131.